The van der Waals surface area contributed by atoms with E-state index in [1.54, 1.807) is 4.90 Å². The Labute approximate surface area is 203 Å². The molecule has 0 bridgehead atoms. The molecule has 9 heteroatoms. The summed E-state index contributed by atoms with van der Waals surface area (Å²) in [5.74, 6) is -0.384. The lowest BCUT2D eigenvalue weighted by molar-refractivity contribution is -0.130. The van der Waals surface area contributed by atoms with Gasteiger partial charge in [-0.2, -0.15) is 0 Å². The van der Waals surface area contributed by atoms with Gasteiger partial charge < -0.3 is 4.90 Å². The van der Waals surface area contributed by atoms with Gasteiger partial charge in [0.25, 0.3) is 0 Å². The number of halogens is 3. The van der Waals surface area contributed by atoms with E-state index < -0.39 is 16.6 Å². The first-order chi connectivity index (χ1) is 15.1. The molecule has 3 rings (SSSR count). The smallest absolute Gasteiger partial charge is 0.243 e. The van der Waals surface area contributed by atoms with E-state index in [1.165, 1.54) is 12.1 Å². The Morgan fingerprint density at radius 2 is 1.25 bits per heavy atom. The van der Waals surface area contributed by atoms with Crippen molar-refractivity contribution in [1.29, 1.82) is 0 Å². The number of benzene rings is 3. The molecular weight excluding hydrogens is 491 g/mol. The fourth-order valence-corrected chi connectivity index (χ4v) is 4.69. The summed E-state index contributed by atoms with van der Waals surface area (Å²) in [7, 11) is -3.84. The van der Waals surface area contributed by atoms with E-state index in [9.17, 15) is 13.2 Å². The van der Waals surface area contributed by atoms with Crippen LogP contribution < -0.4 is 4.31 Å². The van der Waals surface area contributed by atoms with Crippen molar-refractivity contribution < 1.29 is 13.2 Å². The maximum atomic E-state index is 13.4. The molecular formula is C23H21Cl3N2O3S. The number of amides is 1. The Kier molecular flexibility index (Phi) is 8.06. The number of anilines is 1. The van der Waals surface area contributed by atoms with Crippen molar-refractivity contribution in [2.75, 3.05) is 17.1 Å². The lowest BCUT2D eigenvalue weighted by Gasteiger charge is -2.28. The van der Waals surface area contributed by atoms with Crippen LogP contribution in [0.3, 0.4) is 0 Å². The summed E-state index contributed by atoms with van der Waals surface area (Å²) >= 11 is 18.3. The number of hydrogen-bond acceptors (Lipinski definition) is 3. The van der Waals surface area contributed by atoms with Gasteiger partial charge in [0.05, 0.1) is 27.0 Å². The molecule has 0 aliphatic heterocycles. The van der Waals surface area contributed by atoms with Crippen molar-refractivity contribution in [3.8, 4) is 0 Å². The highest BCUT2D eigenvalue weighted by atomic mass is 35.5. The Morgan fingerprint density at radius 1 is 0.781 bits per heavy atom. The molecule has 0 atom stereocenters. The molecule has 0 N–H and O–H groups in total. The minimum Gasteiger partial charge on any atom is -0.332 e. The molecule has 3 aromatic carbocycles. The number of carbonyl (C=O) groups excluding carboxylic acids is 1. The van der Waals surface area contributed by atoms with E-state index >= 15 is 0 Å². The van der Waals surface area contributed by atoms with Gasteiger partial charge in [-0.05, 0) is 23.3 Å². The molecule has 0 fully saturated rings. The zero-order chi connectivity index (χ0) is 23.3. The van der Waals surface area contributed by atoms with E-state index in [-0.39, 0.29) is 26.7 Å². The van der Waals surface area contributed by atoms with Crippen LogP contribution in [0, 0.1) is 0 Å². The fourth-order valence-electron chi connectivity index (χ4n) is 3.15. The van der Waals surface area contributed by atoms with Crippen LogP contribution in [-0.4, -0.2) is 32.0 Å². The summed E-state index contributed by atoms with van der Waals surface area (Å²) in [6, 6.07) is 21.7. The van der Waals surface area contributed by atoms with Crippen LogP contribution >= 0.6 is 34.8 Å². The van der Waals surface area contributed by atoms with Crippen LogP contribution in [0.15, 0.2) is 72.8 Å². The van der Waals surface area contributed by atoms with Gasteiger partial charge in [0, 0.05) is 13.1 Å². The third-order valence-electron chi connectivity index (χ3n) is 4.72. The van der Waals surface area contributed by atoms with Crippen LogP contribution in [0.5, 0.6) is 0 Å². The molecule has 0 aliphatic rings. The molecule has 3 aromatic rings. The quantitative estimate of drug-likeness (QED) is 0.368. The summed E-state index contributed by atoms with van der Waals surface area (Å²) in [5, 5.41) is 0.405. The highest BCUT2D eigenvalue weighted by Crippen LogP contribution is 2.35. The first-order valence-corrected chi connectivity index (χ1v) is 12.6. The number of rotatable bonds is 8. The molecule has 168 valence electrons. The monoisotopic (exact) mass is 510 g/mol. The molecule has 0 heterocycles. The lowest BCUT2D eigenvalue weighted by Crippen LogP contribution is -2.42. The summed E-state index contributed by atoms with van der Waals surface area (Å²) in [6.07, 6.45) is 1.01. The Balaban J connectivity index is 1.93. The van der Waals surface area contributed by atoms with Crippen LogP contribution in [0.25, 0.3) is 0 Å². The van der Waals surface area contributed by atoms with Crippen LogP contribution in [0.2, 0.25) is 15.1 Å². The number of nitrogens with zero attached hydrogens (tertiary/aromatic N) is 2. The maximum Gasteiger partial charge on any atom is 0.243 e. The van der Waals surface area contributed by atoms with Gasteiger partial charge in [-0.3, -0.25) is 9.10 Å². The minimum absolute atomic E-state index is 0.0790. The molecule has 0 aliphatic carbocycles. The third-order valence-corrected chi connectivity index (χ3v) is 6.87. The van der Waals surface area contributed by atoms with Crippen LogP contribution in [-0.2, 0) is 27.9 Å². The first kappa shape index (κ1) is 24.4. The van der Waals surface area contributed by atoms with Crippen molar-refractivity contribution in [3.05, 3.63) is 99.0 Å². The van der Waals surface area contributed by atoms with Gasteiger partial charge in [0.15, 0.2) is 0 Å². The topological polar surface area (TPSA) is 57.7 Å². The van der Waals surface area contributed by atoms with E-state index in [2.05, 4.69) is 0 Å². The van der Waals surface area contributed by atoms with E-state index in [0.717, 1.165) is 21.7 Å². The molecule has 5 nitrogen and oxygen atoms in total. The maximum absolute atomic E-state index is 13.4. The predicted octanol–water partition coefficient (Wildman–Crippen LogP) is 5.64. The first-order valence-electron chi connectivity index (χ1n) is 9.63. The van der Waals surface area contributed by atoms with Gasteiger partial charge in [-0.15, -0.1) is 0 Å². The summed E-state index contributed by atoms with van der Waals surface area (Å²) in [6.45, 7) is 0.207. The number of carbonyl (C=O) groups is 1. The molecule has 0 aromatic heterocycles. The van der Waals surface area contributed by atoms with Crippen molar-refractivity contribution in [1.82, 2.24) is 4.90 Å². The largest absolute Gasteiger partial charge is 0.332 e. The summed E-state index contributed by atoms with van der Waals surface area (Å²) in [5.41, 5.74) is 1.95. The molecule has 0 unspecified atom stereocenters. The molecule has 32 heavy (non-hydrogen) atoms. The minimum atomic E-state index is -3.84. The molecule has 0 radical (unpaired) electrons. The summed E-state index contributed by atoms with van der Waals surface area (Å²) in [4.78, 5) is 15.0. The standard InChI is InChI=1S/C23H21Cl3N2O3S/c1-32(30,31)28(22-13-20(25)19(24)12-21(22)26)16-23(29)27(14-17-8-4-2-5-9-17)15-18-10-6-3-7-11-18/h2-13H,14-16H2,1H3. The highest BCUT2D eigenvalue weighted by molar-refractivity contribution is 7.92. The van der Waals surface area contributed by atoms with Gasteiger partial charge in [0.1, 0.15) is 6.54 Å². The van der Waals surface area contributed by atoms with E-state index in [1.807, 2.05) is 60.7 Å². The molecule has 0 saturated carbocycles. The summed E-state index contributed by atoms with van der Waals surface area (Å²) < 4.78 is 26.1. The normalized spacial score (nSPS) is 11.2. The Bertz CT molecular complexity index is 1150. The van der Waals surface area contributed by atoms with Gasteiger partial charge >= 0.3 is 0 Å². The SMILES string of the molecule is CS(=O)(=O)N(CC(=O)N(Cc1ccccc1)Cc1ccccc1)c1cc(Cl)c(Cl)cc1Cl. The second-order valence-electron chi connectivity index (χ2n) is 7.21. The van der Waals surface area contributed by atoms with E-state index in [4.69, 9.17) is 34.8 Å². The number of sulfonamides is 1. The van der Waals surface area contributed by atoms with E-state index in [0.29, 0.717) is 13.1 Å². The molecule has 0 saturated heterocycles. The highest BCUT2D eigenvalue weighted by Gasteiger charge is 2.27. The van der Waals surface area contributed by atoms with Crippen molar-refractivity contribution in [3.63, 3.8) is 0 Å². The Morgan fingerprint density at radius 3 is 1.72 bits per heavy atom. The predicted molar refractivity (Wildman–Crippen MR) is 131 cm³/mol. The van der Waals surface area contributed by atoms with Crippen LogP contribution in [0.1, 0.15) is 11.1 Å². The Hall–Kier alpha value is -2.25. The van der Waals surface area contributed by atoms with Crippen molar-refractivity contribution in [2.24, 2.45) is 0 Å². The number of hydrogen-bond donors (Lipinski definition) is 0. The lowest BCUT2D eigenvalue weighted by atomic mass is 10.1. The van der Waals surface area contributed by atoms with Crippen LogP contribution in [0.4, 0.5) is 5.69 Å². The van der Waals surface area contributed by atoms with Gasteiger partial charge in [0.2, 0.25) is 15.9 Å². The van der Waals surface area contributed by atoms with Gasteiger partial charge in [-0.25, -0.2) is 8.42 Å². The molecule has 1 amide bonds. The zero-order valence-electron chi connectivity index (χ0n) is 17.2. The van der Waals surface area contributed by atoms with Gasteiger partial charge in [-0.1, -0.05) is 95.5 Å². The average molecular weight is 512 g/mol. The van der Waals surface area contributed by atoms with Crippen molar-refractivity contribution in [2.45, 2.75) is 13.1 Å². The fraction of sp³-hybridized carbons (Fsp3) is 0.174. The van der Waals surface area contributed by atoms with Crippen molar-refractivity contribution >= 4 is 56.4 Å². The second-order valence-corrected chi connectivity index (χ2v) is 10.3. The average Bonchev–Trinajstić information content (AvgIpc) is 2.75. The zero-order valence-corrected chi connectivity index (χ0v) is 20.3. The third kappa shape index (κ3) is 6.39. The second kappa shape index (κ2) is 10.6. The molecule has 0 spiro atoms.